The molecule has 4 nitrogen and oxygen atoms in total. The van der Waals surface area contributed by atoms with Crippen molar-refractivity contribution in [1.82, 2.24) is 10.6 Å². The van der Waals surface area contributed by atoms with E-state index in [1.807, 2.05) is 31.2 Å². The molecular weight excluding hydrogens is 264 g/mol. The molecule has 2 rings (SSSR count). The predicted octanol–water partition coefficient (Wildman–Crippen LogP) is 2.46. The highest BCUT2D eigenvalue weighted by Gasteiger charge is 2.08. The van der Waals surface area contributed by atoms with Gasteiger partial charge in [0.15, 0.2) is 0 Å². The molecule has 21 heavy (non-hydrogen) atoms. The molecule has 0 saturated carbocycles. The van der Waals surface area contributed by atoms with E-state index < -0.39 is 0 Å². The second kappa shape index (κ2) is 7.64. The van der Waals surface area contributed by atoms with E-state index in [1.165, 1.54) is 5.39 Å². The first-order valence-corrected chi connectivity index (χ1v) is 7.28. The molecule has 0 spiro atoms. The lowest BCUT2D eigenvalue weighted by Gasteiger charge is -2.13. The van der Waals surface area contributed by atoms with Gasteiger partial charge in [0.1, 0.15) is 5.75 Å². The van der Waals surface area contributed by atoms with Gasteiger partial charge in [-0.1, -0.05) is 37.3 Å². The molecule has 0 saturated heterocycles. The molecule has 0 aromatic heterocycles. The average Bonchev–Trinajstić information content (AvgIpc) is 2.53. The van der Waals surface area contributed by atoms with Crippen LogP contribution in [0.4, 0.5) is 0 Å². The van der Waals surface area contributed by atoms with Crippen molar-refractivity contribution >= 4 is 16.7 Å². The minimum atomic E-state index is 0.0241. The van der Waals surface area contributed by atoms with Crippen LogP contribution in [-0.4, -0.2) is 26.1 Å². The van der Waals surface area contributed by atoms with Crippen LogP contribution in [0.15, 0.2) is 36.4 Å². The number of methoxy groups -OCH3 is 1. The number of fused-ring (bicyclic) bond motifs is 1. The van der Waals surface area contributed by atoms with Crippen molar-refractivity contribution in [2.75, 3.05) is 20.2 Å². The van der Waals surface area contributed by atoms with Gasteiger partial charge in [-0.2, -0.15) is 0 Å². The summed E-state index contributed by atoms with van der Waals surface area (Å²) < 4.78 is 5.44. The first kappa shape index (κ1) is 15.3. The fraction of sp³-hybridized carbons (Fsp3) is 0.353. The molecule has 0 heterocycles. The Balaban J connectivity index is 2.08. The molecule has 4 heteroatoms. The van der Waals surface area contributed by atoms with Crippen LogP contribution in [0.25, 0.3) is 10.8 Å². The largest absolute Gasteiger partial charge is 0.496 e. The number of carbonyl (C=O) groups excluding carboxylic acids is 1. The van der Waals surface area contributed by atoms with Crippen LogP contribution in [0.3, 0.4) is 0 Å². The van der Waals surface area contributed by atoms with E-state index in [2.05, 4.69) is 22.8 Å². The van der Waals surface area contributed by atoms with Gasteiger partial charge < -0.3 is 15.4 Å². The lowest BCUT2D eigenvalue weighted by atomic mass is 10.0. The number of rotatable bonds is 7. The highest BCUT2D eigenvalue weighted by molar-refractivity contribution is 5.87. The Kier molecular flexibility index (Phi) is 5.58. The van der Waals surface area contributed by atoms with Crippen LogP contribution in [0.5, 0.6) is 5.75 Å². The highest BCUT2D eigenvalue weighted by Crippen LogP contribution is 2.27. The van der Waals surface area contributed by atoms with E-state index in [4.69, 9.17) is 4.74 Å². The molecule has 0 aliphatic heterocycles. The number of benzene rings is 2. The fourth-order valence-electron chi connectivity index (χ4n) is 2.32. The van der Waals surface area contributed by atoms with Crippen LogP contribution in [0.2, 0.25) is 0 Å². The molecule has 2 N–H and O–H groups in total. The van der Waals surface area contributed by atoms with Crippen LogP contribution in [-0.2, 0) is 11.3 Å². The molecule has 0 aliphatic rings. The Morgan fingerprint density at radius 1 is 1.19 bits per heavy atom. The number of nitrogens with one attached hydrogen (secondary N) is 2. The Morgan fingerprint density at radius 2 is 2.00 bits per heavy atom. The van der Waals surface area contributed by atoms with Gasteiger partial charge in [0.25, 0.3) is 0 Å². The molecule has 0 aliphatic carbocycles. The van der Waals surface area contributed by atoms with Gasteiger partial charge in [0.05, 0.1) is 13.7 Å². The first-order chi connectivity index (χ1) is 10.3. The highest BCUT2D eigenvalue weighted by atomic mass is 16.5. The first-order valence-electron chi connectivity index (χ1n) is 7.28. The third-order valence-corrected chi connectivity index (χ3v) is 3.38. The number of amides is 1. The average molecular weight is 286 g/mol. The summed E-state index contributed by atoms with van der Waals surface area (Å²) in [6.07, 6.45) is 0.947. The summed E-state index contributed by atoms with van der Waals surface area (Å²) in [5.74, 6) is 0.867. The van der Waals surface area contributed by atoms with Crippen molar-refractivity contribution in [2.45, 2.75) is 19.9 Å². The molecular formula is C17H22N2O2. The lowest BCUT2D eigenvalue weighted by molar-refractivity contribution is -0.120. The minimum Gasteiger partial charge on any atom is -0.496 e. The van der Waals surface area contributed by atoms with Crippen molar-refractivity contribution in [3.8, 4) is 5.75 Å². The molecule has 0 radical (unpaired) electrons. The van der Waals surface area contributed by atoms with E-state index in [-0.39, 0.29) is 5.91 Å². The standard InChI is InChI=1S/C17H22N2O2/c1-3-10-19-17(20)12-18-11-15-14-7-5-4-6-13(14)8-9-16(15)21-2/h4-9,18H,3,10-12H2,1-2H3,(H,19,20). The second-order valence-electron chi connectivity index (χ2n) is 4.92. The number of carbonyl (C=O) groups is 1. The van der Waals surface area contributed by atoms with E-state index in [0.717, 1.165) is 29.7 Å². The summed E-state index contributed by atoms with van der Waals surface area (Å²) in [4.78, 5) is 11.6. The van der Waals surface area contributed by atoms with Gasteiger partial charge >= 0.3 is 0 Å². The van der Waals surface area contributed by atoms with Crippen LogP contribution in [0.1, 0.15) is 18.9 Å². The van der Waals surface area contributed by atoms with Crippen LogP contribution in [0, 0.1) is 0 Å². The zero-order valence-electron chi connectivity index (χ0n) is 12.6. The third-order valence-electron chi connectivity index (χ3n) is 3.38. The third kappa shape index (κ3) is 3.95. The Hall–Kier alpha value is -2.07. The fourth-order valence-corrected chi connectivity index (χ4v) is 2.32. The minimum absolute atomic E-state index is 0.0241. The van der Waals surface area contributed by atoms with Gasteiger partial charge in [0.2, 0.25) is 5.91 Å². The summed E-state index contributed by atoms with van der Waals surface area (Å²) >= 11 is 0. The summed E-state index contributed by atoms with van der Waals surface area (Å²) in [5.41, 5.74) is 1.08. The maximum absolute atomic E-state index is 11.6. The molecule has 2 aromatic rings. The lowest BCUT2D eigenvalue weighted by Crippen LogP contribution is -2.34. The van der Waals surface area contributed by atoms with Gasteiger partial charge in [-0.15, -0.1) is 0 Å². The molecule has 0 atom stereocenters. The van der Waals surface area contributed by atoms with E-state index in [1.54, 1.807) is 7.11 Å². The Bertz CT molecular complexity index is 611. The van der Waals surface area contributed by atoms with Crippen LogP contribution >= 0.6 is 0 Å². The quantitative estimate of drug-likeness (QED) is 0.822. The zero-order chi connectivity index (χ0) is 15.1. The van der Waals surface area contributed by atoms with Crippen molar-refractivity contribution in [2.24, 2.45) is 0 Å². The van der Waals surface area contributed by atoms with Crippen molar-refractivity contribution in [3.63, 3.8) is 0 Å². The summed E-state index contributed by atoms with van der Waals surface area (Å²) in [6, 6.07) is 12.2. The second-order valence-corrected chi connectivity index (χ2v) is 4.92. The SMILES string of the molecule is CCCNC(=O)CNCc1c(OC)ccc2ccccc12. The van der Waals surface area contributed by atoms with Crippen LogP contribution < -0.4 is 15.4 Å². The Morgan fingerprint density at radius 3 is 2.76 bits per heavy atom. The molecule has 112 valence electrons. The van der Waals surface area contributed by atoms with Crippen molar-refractivity contribution in [1.29, 1.82) is 0 Å². The molecule has 0 bridgehead atoms. The number of hydrogen-bond donors (Lipinski definition) is 2. The summed E-state index contributed by atoms with van der Waals surface area (Å²) in [6.45, 7) is 3.67. The molecule has 0 unspecified atom stereocenters. The molecule has 2 aromatic carbocycles. The number of ether oxygens (including phenoxy) is 1. The van der Waals surface area contributed by atoms with E-state index in [0.29, 0.717) is 13.1 Å². The topological polar surface area (TPSA) is 50.4 Å². The van der Waals surface area contributed by atoms with E-state index in [9.17, 15) is 4.79 Å². The predicted molar refractivity (Wildman–Crippen MR) is 85.5 cm³/mol. The van der Waals surface area contributed by atoms with Gasteiger partial charge in [-0.25, -0.2) is 0 Å². The van der Waals surface area contributed by atoms with Gasteiger partial charge in [-0.05, 0) is 23.3 Å². The summed E-state index contributed by atoms with van der Waals surface area (Å²) in [7, 11) is 1.67. The summed E-state index contributed by atoms with van der Waals surface area (Å²) in [5, 5.41) is 8.36. The monoisotopic (exact) mass is 286 g/mol. The van der Waals surface area contributed by atoms with Crippen molar-refractivity contribution in [3.05, 3.63) is 42.0 Å². The van der Waals surface area contributed by atoms with Gasteiger partial charge in [0, 0.05) is 18.7 Å². The Labute approximate surface area is 125 Å². The maximum Gasteiger partial charge on any atom is 0.233 e. The van der Waals surface area contributed by atoms with E-state index >= 15 is 0 Å². The molecule has 0 fully saturated rings. The molecule has 1 amide bonds. The maximum atomic E-state index is 11.6. The normalized spacial score (nSPS) is 10.6. The zero-order valence-corrected chi connectivity index (χ0v) is 12.6. The number of hydrogen-bond acceptors (Lipinski definition) is 3. The van der Waals surface area contributed by atoms with Gasteiger partial charge in [-0.3, -0.25) is 4.79 Å². The van der Waals surface area contributed by atoms with Crippen molar-refractivity contribution < 1.29 is 9.53 Å². The smallest absolute Gasteiger partial charge is 0.233 e.